The zero-order valence-electron chi connectivity index (χ0n) is 14.8. The smallest absolute Gasteiger partial charge is 0.410 e. The van der Waals surface area contributed by atoms with Crippen molar-refractivity contribution in [1.82, 2.24) is 15.2 Å². The Bertz CT molecular complexity index is 1310. The fourth-order valence-corrected chi connectivity index (χ4v) is 4.29. The molecule has 0 saturated heterocycles. The van der Waals surface area contributed by atoms with Crippen LogP contribution in [0.5, 0.6) is 0 Å². The number of nitrogens with one attached hydrogen (secondary N) is 2. The van der Waals surface area contributed by atoms with Gasteiger partial charge in [0, 0.05) is 5.56 Å². The fraction of sp³-hybridized carbons (Fsp3) is 0.0588. The van der Waals surface area contributed by atoms with E-state index in [1.807, 2.05) is 6.92 Å². The van der Waals surface area contributed by atoms with Gasteiger partial charge in [0.15, 0.2) is 5.13 Å². The molecule has 10 nitrogen and oxygen atoms in total. The lowest BCUT2D eigenvalue weighted by atomic mass is 10.2. The second kappa shape index (κ2) is 7.14. The molecule has 0 unspecified atom stereocenters. The second-order valence-electron chi connectivity index (χ2n) is 5.96. The third-order valence-electron chi connectivity index (χ3n) is 3.83. The van der Waals surface area contributed by atoms with Crippen LogP contribution in [0.15, 0.2) is 51.8 Å². The highest BCUT2D eigenvalue weighted by atomic mass is 32.2. The molecular weight excluding hydrogens is 418 g/mol. The number of fused-ring (bicyclic) bond motifs is 1. The highest BCUT2D eigenvalue weighted by molar-refractivity contribution is 7.92. The van der Waals surface area contributed by atoms with Crippen molar-refractivity contribution in [1.29, 1.82) is 0 Å². The topological polar surface area (TPSA) is 147 Å². The standard InChI is InChI=1S/C17H13N5O5S2/c1-9-2-5-11(6-3-9)29(25,26)22-15-21-20-14(27-15)10-4-7-12-13(8-10)28-16(18-12)19-17(23)24/h2-8H,1H3,(H,18,19)(H,21,22)(H,23,24). The summed E-state index contributed by atoms with van der Waals surface area (Å²) in [5, 5.41) is 18.8. The third kappa shape index (κ3) is 4.02. The van der Waals surface area contributed by atoms with Crippen LogP contribution in [0.2, 0.25) is 0 Å². The Kier molecular flexibility index (Phi) is 4.64. The van der Waals surface area contributed by atoms with Crippen LogP contribution in [-0.4, -0.2) is 34.8 Å². The molecule has 0 aliphatic rings. The summed E-state index contributed by atoms with van der Waals surface area (Å²) < 4.78 is 33.2. The third-order valence-corrected chi connectivity index (χ3v) is 6.10. The van der Waals surface area contributed by atoms with Gasteiger partial charge in [0.05, 0.1) is 15.1 Å². The van der Waals surface area contributed by atoms with Crippen molar-refractivity contribution in [3.63, 3.8) is 0 Å². The van der Waals surface area contributed by atoms with Crippen molar-refractivity contribution >= 4 is 48.8 Å². The summed E-state index contributed by atoms with van der Waals surface area (Å²) in [6, 6.07) is 11.1. The van der Waals surface area contributed by atoms with Crippen LogP contribution in [0, 0.1) is 6.92 Å². The molecule has 0 aliphatic carbocycles. The lowest BCUT2D eigenvalue weighted by Crippen LogP contribution is -2.13. The molecule has 0 spiro atoms. The molecule has 0 bridgehead atoms. The lowest BCUT2D eigenvalue weighted by molar-refractivity contribution is 0.209. The van der Waals surface area contributed by atoms with Crippen LogP contribution in [-0.2, 0) is 10.0 Å². The lowest BCUT2D eigenvalue weighted by Gasteiger charge is -2.04. The van der Waals surface area contributed by atoms with E-state index in [1.165, 1.54) is 12.1 Å². The number of amides is 1. The number of sulfonamides is 1. The molecule has 12 heteroatoms. The molecule has 4 aromatic rings. The minimum absolute atomic E-state index is 0.0763. The Morgan fingerprint density at radius 1 is 1.14 bits per heavy atom. The van der Waals surface area contributed by atoms with E-state index in [0.29, 0.717) is 15.8 Å². The largest absolute Gasteiger partial charge is 0.465 e. The molecule has 148 valence electrons. The Balaban J connectivity index is 1.58. The summed E-state index contributed by atoms with van der Waals surface area (Å²) in [6.45, 7) is 1.86. The van der Waals surface area contributed by atoms with Crippen molar-refractivity contribution in [3.05, 3.63) is 48.0 Å². The van der Waals surface area contributed by atoms with Gasteiger partial charge >= 0.3 is 12.1 Å². The summed E-state index contributed by atoms with van der Waals surface area (Å²) in [7, 11) is -3.86. The van der Waals surface area contributed by atoms with Crippen LogP contribution in [0.4, 0.5) is 15.9 Å². The zero-order chi connectivity index (χ0) is 20.6. The summed E-state index contributed by atoms with van der Waals surface area (Å²) in [5.41, 5.74) is 2.07. The number of carbonyl (C=O) groups is 1. The molecule has 2 aromatic heterocycles. The second-order valence-corrected chi connectivity index (χ2v) is 8.68. The van der Waals surface area contributed by atoms with Crippen LogP contribution in [0.25, 0.3) is 21.7 Å². The van der Waals surface area contributed by atoms with E-state index in [2.05, 4.69) is 25.2 Å². The Hall–Kier alpha value is -3.51. The molecule has 29 heavy (non-hydrogen) atoms. The van der Waals surface area contributed by atoms with Crippen LogP contribution in [0.1, 0.15) is 5.56 Å². The van der Waals surface area contributed by atoms with Crippen molar-refractivity contribution in [2.24, 2.45) is 0 Å². The number of aromatic nitrogens is 3. The molecule has 4 rings (SSSR count). The monoisotopic (exact) mass is 431 g/mol. The summed E-state index contributed by atoms with van der Waals surface area (Å²) in [4.78, 5) is 15.0. The Labute approximate surface area is 168 Å². The molecule has 0 saturated carbocycles. The van der Waals surface area contributed by atoms with Crippen molar-refractivity contribution in [2.75, 3.05) is 10.0 Å². The molecule has 2 heterocycles. The van der Waals surface area contributed by atoms with Gasteiger partial charge in [-0.05, 0) is 37.3 Å². The quantitative estimate of drug-likeness (QED) is 0.435. The number of benzene rings is 2. The summed E-state index contributed by atoms with van der Waals surface area (Å²) in [5.74, 6) is 0.106. The van der Waals surface area contributed by atoms with Gasteiger partial charge in [-0.3, -0.25) is 5.32 Å². The molecule has 3 N–H and O–H groups in total. The van der Waals surface area contributed by atoms with E-state index in [9.17, 15) is 13.2 Å². The number of rotatable bonds is 5. The normalized spacial score (nSPS) is 11.5. The first-order valence-corrected chi connectivity index (χ1v) is 10.4. The first-order valence-electron chi connectivity index (χ1n) is 8.14. The minimum Gasteiger partial charge on any atom is -0.465 e. The Morgan fingerprint density at radius 2 is 1.90 bits per heavy atom. The highest BCUT2D eigenvalue weighted by Crippen LogP contribution is 2.30. The van der Waals surface area contributed by atoms with Gasteiger partial charge < -0.3 is 9.52 Å². The van der Waals surface area contributed by atoms with E-state index in [-0.39, 0.29) is 21.9 Å². The molecule has 0 radical (unpaired) electrons. The number of thiazole rings is 1. The highest BCUT2D eigenvalue weighted by Gasteiger charge is 2.19. The predicted molar refractivity (Wildman–Crippen MR) is 107 cm³/mol. The van der Waals surface area contributed by atoms with Gasteiger partial charge in [-0.25, -0.2) is 22.9 Å². The number of hydrogen-bond acceptors (Lipinski definition) is 8. The molecule has 0 aliphatic heterocycles. The number of hydrogen-bond donors (Lipinski definition) is 3. The van der Waals surface area contributed by atoms with Gasteiger partial charge in [0.2, 0.25) is 5.89 Å². The maximum Gasteiger partial charge on any atom is 0.410 e. The maximum atomic E-state index is 12.4. The molecular formula is C17H13N5O5S2. The minimum atomic E-state index is -3.86. The van der Waals surface area contributed by atoms with Crippen LogP contribution in [0.3, 0.4) is 0 Å². The zero-order valence-corrected chi connectivity index (χ0v) is 16.4. The van der Waals surface area contributed by atoms with Crippen molar-refractivity contribution in [2.45, 2.75) is 11.8 Å². The predicted octanol–water partition coefficient (Wildman–Crippen LogP) is 3.55. The number of aryl methyl sites for hydroxylation is 1. The molecule has 0 fully saturated rings. The van der Waals surface area contributed by atoms with E-state index >= 15 is 0 Å². The summed E-state index contributed by atoms with van der Waals surface area (Å²) >= 11 is 1.15. The number of carboxylic acid groups (broad SMARTS) is 1. The van der Waals surface area contributed by atoms with E-state index in [1.54, 1.807) is 30.3 Å². The average Bonchev–Trinajstić information content (AvgIpc) is 3.26. The summed E-state index contributed by atoms with van der Waals surface area (Å²) in [6.07, 6.45) is -1.20. The number of nitrogens with zero attached hydrogens (tertiary/aromatic N) is 3. The van der Waals surface area contributed by atoms with E-state index in [0.717, 1.165) is 16.9 Å². The van der Waals surface area contributed by atoms with Crippen molar-refractivity contribution < 1.29 is 22.7 Å². The van der Waals surface area contributed by atoms with Crippen LogP contribution < -0.4 is 10.0 Å². The van der Waals surface area contributed by atoms with Gasteiger partial charge in [0.25, 0.3) is 10.0 Å². The molecule has 0 atom stereocenters. The first-order chi connectivity index (χ1) is 13.8. The number of anilines is 2. The SMILES string of the molecule is Cc1ccc(S(=O)(=O)Nc2nnc(-c3ccc4nc(NC(=O)O)sc4c3)o2)cc1. The maximum absolute atomic E-state index is 12.4. The van der Waals surface area contributed by atoms with Gasteiger partial charge in [-0.15, -0.1) is 5.10 Å². The van der Waals surface area contributed by atoms with Gasteiger partial charge in [0.1, 0.15) is 0 Å². The Morgan fingerprint density at radius 3 is 2.62 bits per heavy atom. The van der Waals surface area contributed by atoms with E-state index < -0.39 is 16.1 Å². The van der Waals surface area contributed by atoms with Crippen LogP contribution >= 0.6 is 11.3 Å². The first kappa shape index (κ1) is 18.8. The van der Waals surface area contributed by atoms with Gasteiger partial charge in [-0.2, -0.15) is 0 Å². The van der Waals surface area contributed by atoms with Crippen molar-refractivity contribution in [3.8, 4) is 11.5 Å². The average molecular weight is 431 g/mol. The van der Waals surface area contributed by atoms with E-state index in [4.69, 9.17) is 9.52 Å². The fourth-order valence-electron chi connectivity index (χ4n) is 2.48. The molecule has 2 aromatic carbocycles. The molecule has 1 amide bonds. The van der Waals surface area contributed by atoms with Gasteiger partial charge in [-0.1, -0.05) is 34.1 Å².